The summed E-state index contributed by atoms with van der Waals surface area (Å²) in [6.07, 6.45) is 0. The van der Waals surface area contributed by atoms with E-state index < -0.39 is 6.04 Å². The molecule has 7 nitrogen and oxygen atoms in total. The zero-order valence-corrected chi connectivity index (χ0v) is 18.0. The van der Waals surface area contributed by atoms with E-state index in [2.05, 4.69) is 10.6 Å². The maximum absolute atomic E-state index is 12.6. The number of nitrogens with one attached hydrogen (secondary N) is 2. The first-order chi connectivity index (χ1) is 15.0. The van der Waals surface area contributed by atoms with Crippen LogP contribution < -0.4 is 29.6 Å². The van der Waals surface area contributed by atoms with Gasteiger partial charge in [0.25, 0.3) is 0 Å². The van der Waals surface area contributed by atoms with Gasteiger partial charge in [0.2, 0.25) is 5.91 Å². The number of hydrogen-bond donors (Lipinski definition) is 2. The average molecular weight is 422 g/mol. The molecule has 0 aromatic heterocycles. The Bertz CT molecular complexity index is 1000. The third kappa shape index (κ3) is 5.82. The fraction of sp³-hybridized carbons (Fsp3) is 0.208. The first-order valence-electron chi connectivity index (χ1n) is 9.73. The number of carbonyl (C=O) groups excluding carboxylic acids is 1. The molecular formula is C24H26N2O5. The molecule has 0 saturated heterocycles. The molecule has 1 amide bonds. The van der Waals surface area contributed by atoms with Crippen molar-refractivity contribution in [2.75, 3.05) is 32.0 Å². The SMILES string of the molecule is COc1ccc(NC(=O)C(C)Nc2ccc(OC)c(Oc3ccc(OC)cc3)c2)cc1. The van der Waals surface area contributed by atoms with Crippen LogP contribution in [0.2, 0.25) is 0 Å². The van der Waals surface area contributed by atoms with Gasteiger partial charge in [0.15, 0.2) is 11.5 Å². The van der Waals surface area contributed by atoms with Crippen LogP contribution in [0.25, 0.3) is 0 Å². The van der Waals surface area contributed by atoms with Crippen LogP contribution in [0.5, 0.6) is 28.7 Å². The highest BCUT2D eigenvalue weighted by atomic mass is 16.5. The summed E-state index contributed by atoms with van der Waals surface area (Å²) in [6, 6.07) is 19.3. The molecular weight excluding hydrogens is 396 g/mol. The maximum atomic E-state index is 12.6. The summed E-state index contributed by atoms with van der Waals surface area (Å²) in [6.45, 7) is 1.78. The van der Waals surface area contributed by atoms with Crippen molar-refractivity contribution in [2.24, 2.45) is 0 Å². The Balaban J connectivity index is 1.68. The van der Waals surface area contributed by atoms with E-state index in [-0.39, 0.29) is 5.91 Å². The smallest absolute Gasteiger partial charge is 0.246 e. The highest BCUT2D eigenvalue weighted by Gasteiger charge is 2.15. The van der Waals surface area contributed by atoms with Gasteiger partial charge in [-0.15, -0.1) is 0 Å². The van der Waals surface area contributed by atoms with Crippen molar-refractivity contribution in [3.8, 4) is 28.7 Å². The van der Waals surface area contributed by atoms with Gasteiger partial charge in [-0.25, -0.2) is 0 Å². The zero-order chi connectivity index (χ0) is 22.2. The Hall–Kier alpha value is -3.87. The first-order valence-corrected chi connectivity index (χ1v) is 9.73. The topological polar surface area (TPSA) is 78.1 Å². The second-order valence-corrected chi connectivity index (χ2v) is 6.73. The van der Waals surface area contributed by atoms with Crippen molar-refractivity contribution in [1.82, 2.24) is 0 Å². The molecule has 2 N–H and O–H groups in total. The predicted octanol–water partition coefficient (Wildman–Crippen LogP) is 4.94. The second-order valence-electron chi connectivity index (χ2n) is 6.73. The Kier molecular flexibility index (Phi) is 7.22. The second kappa shape index (κ2) is 10.2. The molecule has 0 heterocycles. The molecule has 1 unspecified atom stereocenters. The number of ether oxygens (including phenoxy) is 4. The lowest BCUT2D eigenvalue weighted by molar-refractivity contribution is -0.116. The number of benzene rings is 3. The lowest BCUT2D eigenvalue weighted by Gasteiger charge is -2.17. The molecule has 0 saturated carbocycles. The van der Waals surface area contributed by atoms with Gasteiger partial charge >= 0.3 is 0 Å². The van der Waals surface area contributed by atoms with Crippen LogP contribution in [0, 0.1) is 0 Å². The summed E-state index contributed by atoms with van der Waals surface area (Å²) >= 11 is 0. The van der Waals surface area contributed by atoms with Crippen molar-refractivity contribution in [3.05, 3.63) is 66.7 Å². The predicted molar refractivity (Wildman–Crippen MR) is 121 cm³/mol. The van der Waals surface area contributed by atoms with Crippen LogP contribution in [0.15, 0.2) is 66.7 Å². The molecule has 0 fully saturated rings. The largest absolute Gasteiger partial charge is 0.497 e. The van der Waals surface area contributed by atoms with Gasteiger partial charge < -0.3 is 29.6 Å². The normalized spacial score (nSPS) is 11.2. The number of rotatable bonds is 9. The van der Waals surface area contributed by atoms with Crippen LogP contribution in [0.4, 0.5) is 11.4 Å². The van der Waals surface area contributed by atoms with Gasteiger partial charge in [-0.05, 0) is 67.6 Å². The summed E-state index contributed by atoms with van der Waals surface area (Å²) in [5, 5.41) is 6.06. The quantitative estimate of drug-likeness (QED) is 0.508. The lowest BCUT2D eigenvalue weighted by Crippen LogP contribution is -2.31. The third-order valence-electron chi connectivity index (χ3n) is 4.58. The molecule has 7 heteroatoms. The molecule has 0 aliphatic carbocycles. The minimum atomic E-state index is -0.482. The van der Waals surface area contributed by atoms with E-state index in [1.165, 1.54) is 0 Å². The van der Waals surface area contributed by atoms with E-state index in [1.54, 1.807) is 64.7 Å². The van der Waals surface area contributed by atoms with Crippen molar-refractivity contribution in [3.63, 3.8) is 0 Å². The van der Waals surface area contributed by atoms with Crippen LogP contribution in [-0.2, 0) is 4.79 Å². The van der Waals surface area contributed by atoms with Gasteiger partial charge in [0.1, 0.15) is 23.3 Å². The van der Waals surface area contributed by atoms with Crippen molar-refractivity contribution >= 4 is 17.3 Å². The number of hydrogen-bond acceptors (Lipinski definition) is 6. The Morgan fingerprint density at radius 1 is 0.710 bits per heavy atom. The summed E-state index contributed by atoms with van der Waals surface area (Å²) in [5.41, 5.74) is 1.42. The highest BCUT2D eigenvalue weighted by molar-refractivity contribution is 5.96. The van der Waals surface area contributed by atoms with E-state index in [4.69, 9.17) is 18.9 Å². The maximum Gasteiger partial charge on any atom is 0.246 e. The Morgan fingerprint density at radius 2 is 1.26 bits per heavy atom. The van der Waals surface area contributed by atoms with Crippen LogP contribution in [0.3, 0.4) is 0 Å². The number of amides is 1. The van der Waals surface area contributed by atoms with Crippen molar-refractivity contribution < 1.29 is 23.7 Å². The van der Waals surface area contributed by atoms with Crippen molar-refractivity contribution in [2.45, 2.75) is 13.0 Å². The van der Waals surface area contributed by atoms with Gasteiger partial charge in [0, 0.05) is 17.4 Å². The zero-order valence-electron chi connectivity index (χ0n) is 18.0. The van der Waals surface area contributed by atoms with E-state index in [0.717, 1.165) is 17.2 Å². The molecule has 0 bridgehead atoms. The summed E-state index contributed by atoms with van der Waals surface area (Å²) in [4.78, 5) is 12.6. The van der Waals surface area contributed by atoms with Gasteiger partial charge in [0.05, 0.1) is 21.3 Å². The monoisotopic (exact) mass is 422 g/mol. The van der Waals surface area contributed by atoms with E-state index in [9.17, 15) is 4.79 Å². The molecule has 3 rings (SSSR count). The Morgan fingerprint density at radius 3 is 1.84 bits per heavy atom. The molecule has 31 heavy (non-hydrogen) atoms. The molecule has 0 radical (unpaired) electrons. The Labute approximate surface area is 181 Å². The standard InChI is InChI=1S/C24H26N2O5/c1-16(24(27)26-17-5-8-19(28-2)9-6-17)25-18-7-14-22(30-4)23(15-18)31-21-12-10-20(29-3)11-13-21/h5-16,25H,1-4H3,(H,26,27). The van der Waals surface area contributed by atoms with Gasteiger partial charge in [-0.1, -0.05) is 0 Å². The number of anilines is 2. The van der Waals surface area contributed by atoms with Crippen LogP contribution in [-0.4, -0.2) is 33.3 Å². The van der Waals surface area contributed by atoms with Crippen molar-refractivity contribution in [1.29, 1.82) is 0 Å². The minimum Gasteiger partial charge on any atom is -0.497 e. The molecule has 3 aromatic carbocycles. The van der Waals surface area contributed by atoms with E-state index in [1.807, 2.05) is 30.3 Å². The minimum absolute atomic E-state index is 0.168. The highest BCUT2D eigenvalue weighted by Crippen LogP contribution is 2.34. The fourth-order valence-electron chi connectivity index (χ4n) is 2.86. The molecule has 162 valence electrons. The van der Waals surface area contributed by atoms with Crippen LogP contribution in [0.1, 0.15) is 6.92 Å². The molecule has 1 atom stereocenters. The number of carbonyl (C=O) groups is 1. The summed E-state index contributed by atoms with van der Waals surface area (Å²) in [7, 11) is 4.79. The molecule has 0 aliphatic rings. The fourth-order valence-corrected chi connectivity index (χ4v) is 2.86. The van der Waals surface area contributed by atoms with Crippen LogP contribution >= 0.6 is 0 Å². The first kappa shape index (κ1) is 21.8. The lowest BCUT2D eigenvalue weighted by atomic mass is 10.2. The molecule has 0 aliphatic heterocycles. The summed E-state index contributed by atoms with van der Waals surface area (Å²) < 4.78 is 21.7. The third-order valence-corrected chi connectivity index (χ3v) is 4.58. The van der Waals surface area contributed by atoms with Gasteiger partial charge in [-0.3, -0.25) is 4.79 Å². The van der Waals surface area contributed by atoms with Gasteiger partial charge in [-0.2, -0.15) is 0 Å². The average Bonchev–Trinajstić information content (AvgIpc) is 2.80. The van der Waals surface area contributed by atoms with E-state index in [0.29, 0.717) is 22.9 Å². The molecule has 3 aromatic rings. The summed E-state index contributed by atoms with van der Waals surface area (Å²) in [5.74, 6) is 3.05. The number of methoxy groups -OCH3 is 3. The molecule has 0 spiro atoms. The van der Waals surface area contributed by atoms with E-state index >= 15 is 0 Å².